The molecular weight excluding hydrogens is 286 g/mol. The largest absolute Gasteiger partial charge is 0.389 e. The van der Waals surface area contributed by atoms with E-state index in [-0.39, 0.29) is 0 Å². The van der Waals surface area contributed by atoms with Crippen molar-refractivity contribution in [2.45, 2.75) is 6.54 Å². The second kappa shape index (κ2) is 5.65. The lowest BCUT2D eigenvalue weighted by atomic mass is 10.2. The first-order chi connectivity index (χ1) is 8.58. The topological polar surface area (TPSA) is 42.2 Å². The van der Waals surface area contributed by atoms with Crippen LogP contribution in [0.1, 0.15) is 10.4 Å². The van der Waals surface area contributed by atoms with Crippen LogP contribution in [0.5, 0.6) is 0 Å². The fourth-order valence-corrected chi connectivity index (χ4v) is 2.94. The van der Waals surface area contributed by atoms with E-state index in [1.54, 1.807) is 17.5 Å². The average molecular weight is 298 g/mol. The van der Waals surface area contributed by atoms with Gasteiger partial charge in [0.15, 0.2) is 0 Å². The van der Waals surface area contributed by atoms with Crippen molar-refractivity contribution in [2.75, 3.05) is 11.9 Å². The molecule has 0 amide bonds. The van der Waals surface area contributed by atoms with Crippen LogP contribution in [0.15, 0.2) is 30.5 Å². The van der Waals surface area contributed by atoms with E-state index in [1.807, 2.05) is 36.2 Å². The van der Waals surface area contributed by atoms with Crippen LogP contribution in [0.3, 0.4) is 0 Å². The smallest absolute Gasteiger partial charge is 0.138 e. The van der Waals surface area contributed by atoms with Gasteiger partial charge in [-0.15, -0.1) is 11.3 Å². The van der Waals surface area contributed by atoms with Crippen LogP contribution < -0.4 is 10.6 Å². The molecule has 0 aliphatic carbocycles. The number of thiocarbonyl (C=S) groups is 1. The van der Waals surface area contributed by atoms with Crippen molar-refractivity contribution in [3.05, 3.63) is 45.2 Å². The monoisotopic (exact) mass is 297 g/mol. The van der Waals surface area contributed by atoms with Crippen molar-refractivity contribution in [2.24, 2.45) is 5.73 Å². The zero-order valence-corrected chi connectivity index (χ0v) is 12.1. The molecule has 0 spiro atoms. The molecule has 3 nitrogen and oxygen atoms in total. The van der Waals surface area contributed by atoms with Crippen LogP contribution in [-0.4, -0.2) is 17.0 Å². The third-order valence-electron chi connectivity index (χ3n) is 2.44. The first-order valence-electron chi connectivity index (χ1n) is 5.28. The predicted octanol–water partition coefficient (Wildman–Crippen LogP) is 3.07. The SMILES string of the molecule is CN(Cc1ccc(Cl)s1)c1ncccc1C(N)=S. The molecule has 0 aromatic carbocycles. The van der Waals surface area contributed by atoms with Gasteiger partial charge in [0, 0.05) is 18.1 Å². The molecule has 0 unspecified atom stereocenters. The van der Waals surface area contributed by atoms with Gasteiger partial charge in [0.2, 0.25) is 0 Å². The van der Waals surface area contributed by atoms with Gasteiger partial charge in [0.25, 0.3) is 0 Å². The summed E-state index contributed by atoms with van der Waals surface area (Å²) >= 11 is 12.5. The number of rotatable bonds is 4. The van der Waals surface area contributed by atoms with E-state index in [4.69, 9.17) is 29.6 Å². The Balaban J connectivity index is 2.23. The van der Waals surface area contributed by atoms with Crippen molar-refractivity contribution in [3.8, 4) is 0 Å². The lowest BCUT2D eigenvalue weighted by Crippen LogP contribution is -2.22. The number of halogens is 1. The molecule has 2 rings (SSSR count). The van der Waals surface area contributed by atoms with Crippen molar-refractivity contribution in [1.29, 1.82) is 0 Å². The summed E-state index contributed by atoms with van der Waals surface area (Å²) < 4.78 is 0.786. The number of pyridine rings is 1. The zero-order valence-electron chi connectivity index (χ0n) is 9.76. The van der Waals surface area contributed by atoms with Gasteiger partial charge in [-0.05, 0) is 24.3 Å². The number of hydrogen-bond donors (Lipinski definition) is 1. The van der Waals surface area contributed by atoms with Gasteiger partial charge in [-0.3, -0.25) is 0 Å². The van der Waals surface area contributed by atoms with E-state index in [1.165, 1.54) is 4.88 Å². The number of aromatic nitrogens is 1. The van der Waals surface area contributed by atoms with Crippen LogP contribution in [0.4, 0.5) is 5.82 Å². The molecule has 0 saturated heterocycles. The Bertz CT molecular complexity index is 568. The second-order valence-corrected chi connectivity index (χ2v) is 6.04. The van der Waals surface area contributed by atoms with Crippen molar-refractivity contribution in [1.82, 2.24) is 4.98 Å². The molecule has 0 saturated carbocycles. The molecule has 2 aromatic rings. The summed E-state index contributed by atoms with van der Waals surface area (Å²) in [6.07, 6.45) is 1.73. The standard InChI is InChI=1S/C12H12ClN3S2/c1-16(7-8-4-5-10(13)18-8)12-9(11(14)17)3-2-6-15-12/h2-6H,7H2,1H3,(H2,14,17). The summed E-state index contributed by atoms with van der Waals surface area (Å²) in [6, 6.07) is 7.60. The fourth-order valence-electron chi connectivity index (χ4n) is 1.64. The van der Waals surface area contributed by atoms with Crippen LogP contribution in [0, 0.1) is 0 Å². The van der Waals surface area contributed by atoms with Crippen LogP contribution >= 0.6 is 35.2 Å². The first-order valence-corrected chi connectivity index (χ1v) is 6.88. The molecule has 18 heavy (non-hydrogen) atoms. The Labute approximate surface area is 120 Å². The van der Waals surface area contributed by atoms with Gasteiger partial charge >= 0.3 is 0 Å². The van der Waals surface area contributed by atoms with E-state index < -0.39 is 0 Å². The molecule has 0 atom stereocenters. The van der Waals surface area contributed by atoms with Crippen LogP contribution in [0.2, 0.25) is 4.34 Å². The highest BCUT2D eigenvalue weighted by atomic mass is 35.5. The number of thiophene rings is 1. The highest BCUT2D eigenvalue weighted by molar-refractivity contribution is 7.80. The van der Waals surface area contributed by atoms with Crippen LogP contribution in [0.25, 0.3) is 0 Å². The summed E-state index contributed by atoms with van der Waals surface area (Å²) in [4.78, 5) is 7.87. The minimum Gasteiger partial charge on any atom is -0.389 e. The Morgan fingerprint density at radius 1 is 1.50 bits per heavy atom. The van der Waals surface area contributed by atoms with Gasteiger partial charge < -0.3 is 10.6 Å². The molecular formula is C12H12ClN3S2. The molecule has 2 heterocycles. The van der Waals surface area contributed by atoms with Gasteiger partial charge in [-0.1, -0.05) is 23.8 Å². The Hall–Kier alpha value is -1.17. The van der Waals surface area contributed by atoms with E-state index >= 15 is 0 Å². The van der Waals surface area contributed by atoms with Crippen molar-refractivity contribution >= 4 is 46.0 Å². The molecule has 94 valence electrons. The van der Waals surface area contributed by atoms with Gasteiger partial charge in [-0.25, -0.2) is 4.98 Å². The van der Waals surface area contributed by atoms with Gasteiger partial charge in [0.1, 0.15) is 10.8 Å². The second-order valence-electron chi connectivity index (χ2n) is 3.80. The Morgan fingerprint density at radius 3 is 2.89 bits per heavy atom. The van der Waals surface area contributed by atoms with Gasteiger partial charge in [-0.2, -0.15) is 0 Å². The summed E-state index contributed by atoms with van der Waals surface area (Å²) in [6.45, 7) is 0.726. The molecule has 0 aliphatic heterocycles. The summed E-state index contributed by atoms with van der Waals surface area (Å²) in [5.41, 5.74) is 6.49. The number of nitrogens with two attached hydrogens (primary N) is 1. The van der Waals surface area contributed by atoms with Crippen molar-refractivity contribution in [3.63, 3.8) is 0 Å². The van der Waals surface area contributed by atoms with E-state index in [9.17, 15) is 0 Å². The third kappa shape index (κ3) is 2.98. The maximum absolute atomic E-state index is 5.92. The maximum atomic E-state index is 5.92. The predicted molar refractivity (Wildman–Crippen MR) is 81.6 cm³/mol. The van der Waals surface area contributed by atoms with Crippen LogP contribution in [-0.2, 0) is 6.54 Å². The number of hydrogen-bond acceptors (Lipinski definition) is 4. The maximum Gasteiger partial charge on any atom is 0.138 e. The fraction of sp³-hybridized carbons (Fsp3) is 0.167. The minimum atomic E-state index is 0.356. The molecule has 0 fully saturated rings. The normalized spacial score (nSPS) is 10.3. The quantitative estimate of drug-likeness (QED) is 0.881. The molecule has 6 heteroatoms. The number of anilines is 1. The van der Waals surface area contributed by atoms with E-state index in [0.29, 0.717) is 4.99 Å². The molecule has 0 aliphatic rings. The zero-order chi connectivity index (χ0) is 13.1. The van der Waals surface area contributed by atoms with Gasteiger partial charge in [0.05, 0.1) is 16.4 Å². The first kappa shape index (κ1) is 13.3. The molecule has 2 aromatic heterocycles. The Kier molecular flexibility index (Phi) is 4.16. The van der Waals surface area contributed by atoms with E-state index in [2.05, 4.69) is 4.98 Å². The number of nitrogens with zero attached hydrogens (tertiary/aromatic N) is 2. The lowest BCUT2D eigenvalue weighted by Gasteiger charge is -2.19. The van der Waals surface area contributed by atoms with Crippen molar-refractivity contribution < 1.29 is 0 Å². The Morgan fingerprint density at radius 2 is 2.28 bits per heavy atom. The summed E-state index contributed by atoms with van der Waals surface area (Å²) in [5, 5.41) is 0. The molecule has 2 N–H and O–H groups in total. The molecule has 0 radical (unpaired) electrons. The minimum absolute atomic E-state index is 0.356. The van der Waals surface area contributed by atoms with E-state index in [0.717, 1.165) is 22.3 Å². The highest BCUT2D eigenvalue weighted by Crippen LogP contribution is 2.24. The summed E-state index contributed by atoms with van der Waals surface area (Å²) in [7, 11) is 1.96. The third-order valence-corrected chi connectivity index (χ3v) is 3.87. The molecule has 0 bridgehead atoms. The summed E-state index contributed by atoms with van der Waals surface area (Å²) in [5.74, 6) is 0.787. The average Bonchev–Trinajstić information content (AvgIpc) is 2.74. The highest BCUT2D eigenvalue weighted by Gasteiger charge is 2.11. The lowest BCUT2D eigenvalue weighted by molar-refractivity contribution is 0.911.